The van der Waals surface area contributed by atoms with E-state index < -0.39 is 0 Å². The van der Waals surface area contributed by atoms with Gasteiger partial charge in [0, 0.05) is 25.8 Å². The molecule has 1 amide bonds. The van der Waals surface area contributed by atoms with Crippen LogP contribution in [0.25, 0.3) is 0 Å². The van der Waals surface area contributed by atoms with Gasteiger partial charge in [-0.2, -0.15) is 11.8 Å². The predicted molar refractivity (Wildman–Crippen MR) is 80.1 cm³/mol. The van der Waals surface area contributed by atoms with Gasteiger partial charge in [0.15, 0.2) is 0 Å². The zero-order chi connectivity index (χ0) is 13.6. The Kier molecular flexibility index (Phi) is 5.73. The summed E-state index contributed by atoms with van der Waals surface area (Å²) in [5, 5.41) is 0. The van der Waals surface area contributed by atoms with Gasteiger partial charge in [0.1, 0.15) is 0 Å². The molecule has 0 bridgehead atoms. The molecule has 0 N–H and O–H groups in total. The molecule has 0 heterocycles. The Balaban J connectivity index is 2.63. The van der Waals surface area contributed by atoms with Crippen molar-refractivity contribution in [3.05, 3.63) is 35.9 Å². The van der Waals surface area contributed by atoms with Crippen LogP contribution in [0.15, 0.2) is 30.3 Å². The minimum atomic E-state index is -0.105. The number of rotatable bonds is 6. The van der Waals surface area contributed by atoms with Crippen molar-refractivity contribution < 1.29 is 4.79 Å². The van der Waals surface area contributed by atoms with Gasteiger partial charge in [-0.3, -0.25) is 4.79 Å². The van der Waals surface area contributed by atoms with Crippen LogP contribution in [0.1, 0.15) is 25.8 Å². The fourth-order valence-electron chi connectivity index (χ4n) is 1.86. The molecule has 0 fully saturated rings. The maximum Gasteiger partial charge on any atom is 0.223 e. The summed E-state index contributed by atoms with van der Waals surface area (Å²) in [7, 11) is 1.89. The van der Waals surface area contributed by atoms with E-state index in [9.17, 15) is 4.79 Å². The molecule has 0 aliphatic heterocycles. The summed E-state index contributed by atoms with van der Waals surface area (Å²) in [6.07, 6.45) is 2.62. The van der Waals surface area contributed by atoms with Crippen LogP contribution in [0.3, 0.4) is 0 Å². The number of nitrogens with zero attached hydrogens (tertiary/aromatic N) is 1. The van der Waals surface area contributed by atoms with Crippen molar-refractivity contribution >= 4 is 17.7 Å². The maximum absolute atomic E-state index is 12.2. The summed E-state index contributed by atoms with van der Waals surface area (Å²) in [6, 6.07) is 10.2. The fraction of sp³-hybridized carbons (Fsp3) is 0.533. The Bertz CT molecular complexity index is 375. The van der Waals surface area contributed by atoms with Crippen molar-refractivity contribution in [3.8, 4) is 0 Å². The quantitative estimate of drug-likeness (QED) is 0.787. The normalized spacial score (nSPS) is 11.3. The average molecular weight is 265 g/mol. The molecular formula is C15H23NOS. The van der Waals surface area contributed by atoms with Crippen molar-refractivity contribution in [2.75, 3.05) is 25.6 Å². The fourth-order valence-corrected chi connectivity index (χ4v) is 2.31. The third-order valence-corrected chi connectivity index (χ3v) is 3.80. The first-order valence-electron chi connectivity index (χ1n) is 6.26. The second-order valence-corrected chi connectivity index (χ2v) is 6.22. The molecule has 1 aromatic carbocycles. The number of thioether (sulfide) groups is 1. The summed E-state index contributed by atoms with van der Waals surface area (Å²) in [6.45, 7) is 5.08. The van der Waals surface area contributed by atoms with E-state index in [1.807, 2.05) is 30.1 Å². The van der Waals surface area contributed by atoms with Crippen LogP contribution in [-0.4, -0.2) is 36.4 Å². The number of benzene rings is 1. The average Bonchev–Trinajstić information content (AvgIpc) is 2.36. The largest absolute Gasteiger partial charge is 0.345 e. The second-order valence-electron chi connectivity index (χ2n) is 5.23. The topological polar surface area (TPSA) is 20.3 Å². The third-order valence-electron chi connectivity index (χ3n) is 3.21. The van der Waals surface area contributed by atoms with Crippen LogP contribution >= 0.6 is 11.8 Å². The second kappa shape index (κ2) is 6.83. The monoisotopic (exact) mass is 265 g/mol. The minimum Gasteiger partial charge on any atom is -0.345 e. The molecule has 0 saturated carbocycles. The van der Waals surface area contributed by atoms with Gasteiger partial charge in [0.2, 0.25) is 5.91 Å². The number of carbonyl (C=O) groups is 1. The summed E-state index contributed by atoms with van der Waals surface area (Å²) in [5.41, 5.74) is 1.11. The highest BCUT2D eigenvalue weighted by molar-refractivity contribution is 7.98. The summed E-state index contributed by atoms with van der Waals surface area (Å²) >= 11 is 1.77. The molecule has 0 unspecified atom stereocenters. The molecule has 3 heteroatoms. The first-order chi connectivity index (χ1) is 8.47. The highest BCUT2D eigenvalue weighted by atomic mass is 32.2. The summed E-state index contributed by atoms with van der Waals surface area (Å²) in [5.74, 6) is 1.21. The lowest BCUT2D eigenvalue weighted by Crippen LogP contribution is -2.34. The van der Waals surface area contributed by atoms with Crippen molar-refractivity contribution in [1.29, 1.82) is 0 Å². The first-order valence-corrected chi connectivity index (χ1v) is 7.65. The molecule has 2 nitrogen and oxygen atoms in total. The molecule has 1 aromatic rings. The van der Waals surface area contributed by atoms with E-state index in [0.717, 1.165) is 12.3 Å². The molecule has 0 saturated heterocycles. The zero-order valence-electron chi connectivity index (χ0n) is 11.8. The van der Waals surface area contributed by atoms with Crippen molar-refractivity contribution in [2.45, 2.75) is 25.7 Å². The van der Waals surface area contributed by atoms with E-state index in [2.05, 4.69) is 32.2 Å². The number of hydrogen-bond acceptors (Lipinski definition) is 2. The summed E-state index contributed by atoms with van der Waals surface area (Å²) < 4.78 is 0. The Morgan fingerprint density at radius 3 is 2.44 bits per heavy atom. The highest BCUT2D eigenvalue weighted by Gasteiger charge is 2.25. The van der Waals surface area contributed by atoms with Crippen LogP contribution in [0.4, 0.5) is 0 Å². The van der Waals surface area contributed by atoms with Crippen LogP contribution in [0, 0.1) is 0 Å². The van der Waals surface area contributed by atoms with Gasteiger partial charge in [-0.1, -0.05) is 44.2 Å². The Labute approximate surface area is 115 Å². The van der Waals surface area contributed by atoms with Gasteiger partial charge in [-0.15, -0.1) is 0 Å². The Morgan fingerprint density at radius 2 is 1.89 bits per heavy atom. The molecular weight excluding hydrogens is 242 g/mol. The molecule has 0 aliphatic rings. The molecule has 100 valence electrons. The van der Waals surface area contributed by atoms with Gasteiger partial charge in [-0.25, -0.2) is 0 Å². The van der Waals surface area contributed by atoms with Crippen molar-refractivity contribution in [1.82, 2.24) is 4.90 Å². The van der Waals surface area contributed by atoms with Gasteiger partial charge >= 0.3 is 0 Å². The minimum absolute atomic E-state index is 0.105. The van der Waals surface area contributed by atoms with E-state index >= 15 is 0 Å². The number of amides is 1. The van der Waals surface area contributed by atoms with Gasteiger partial charge < -0.3 is 4.90 Å². The van der Waals surface area contributed by atoms with E-state index in [-0.39, 0.29) is 11.3 Å². The van der Waals surface area contributed by atoms with Crippen LogP contribution < -0.4 is 0 Å². The first kappa shape index (κ1) is 15.1. The van der Waals surface area contributed by atoms with Gasteiger partial charge in [0.25, 0.3) is 0 Å². The Hall–Kier alpha value is -0.960. The summed E-state index contributed by atoms with van der Waals surface area (Å²) in [4.78, 5) is 14.0. The van der Waals surface area contributed by atoms with E-state index in [4.69, 9.17) is 0 Å². The predicted octanol–water partition coefficient (Wildman–Crippen LogP) is 3.18. The molecule has 0 aliphatic carbocycles. The molecule has 0 radical (unpaired) electrons. The standard InChI is InChI=1S/C15H23NOS/c1-15(2,13-8-6-5-7-9-13)12-14(17)16(3)10-11-18-4/h5-9H,10-12H2,1-4H3. The molecule has 0 spiro atoms. The lowest BCUT2D eigenvalue weighted by atomic mass is 9.81. The highest BCUT2D eigenvalue weighted by Crippen LogP contribution is 2.27. The van der Waals surface area contributed by atoms with Gasteiger partial charge in [0.05, 0.1) is 0 Å². The van der Waals surface area contributed by atoms with Crippen molar-refractivity contribution in [2.24, 2.45) is 0 Å². The van der Waals surface area contributed by atoms with Crippen LogP contribution in [0.5, 0.6) is 0 Å². The SMILES string of the molecule is CSCCN(C)C(=O)CC(C)(C)c1ccccc1. The molecule has 1 rings (SSSR count). The third kappa shape index (κ3) is 4.37. The maximum atomic E-state index is 12.2. The van der Waals surface area contributed by atoms with E-state index in [0.29, 0.717) is 6.42 Å². The smallest absolute Gasteiger partial charge is 0.223 e. The van der Waals surface area contributed by atoms with Gasteiger partial charge in [-0.05, 0) is 17.2 Å². The zero-order valence-corrected chi connectivity index (χ0v) is 12.6. The van der Waals surface area contributed by atoms with E-state index in [1.54, 1.807) is 11.8 Å². The lowest BCUT2D eigenvalue weighted by molar-refractivity contribution is -0.130. The molecule has 18 heavy (non-hydrogen) atoms. The van der Waals surface area contributed by atoms with Crippen LogP contribution in [-0.2, 0) is 10.2 Å². The number of hydrogen-bond donors (Lipinski definition) is 0. The van der Waals surface area contributed by atoms with Crippen LogP contribution in [0.2, 0.25) is 0 Å². The van der Waals surface area contributed by atoms with Crippen molar-refractivity contribution in [3.63, 3.8) is 0 Å². The number of carbonyl (C=O) groups excluding carboxylic acids is 1. The van der Waals surface area contributed by atoms with E-state index in [1.165, 1.54) is 5.56 Å². The Morgan fingerprint density at radius 1 is 1.28 bits per heavy atom. The molecule has 0 atom stereocenters. The lowest BCUT2D eigenvalue weighted by Gasteiger charge is -2.27. The molecule has 0 aromatic heterocycles.